The van der Waals surface area contributed by atoms with E-state index in [0.29, 0.717) is 36.7 Å². The lowest BCUT2D eigenvalue weighted by Crippen LogP contribution is -2.49. The van der Waals surface area contributed by atoms with Crippen LogP contribution in [0.1, 0.15) is 82.6 Å². The summed E-state index contributed by atoms with van der Waals surface area (Å²) in [4.78, 5) is 14.0. The number of halogens is 7. The molecule has 0 aromatic heterocycles. The fraction of sp³-hybridized carbons (Fsp3) is 0.639. The third kappa shape index (κ3) is 13.8. The Morgan fingerprint density at radius 3 is 2.11 bits per heavy atom. The summed E-state index contributed by atoms with van der Waals surface area (Å²) < 4.78 is 97.6. The first-order valence-corrected chi connectivity index (χ1v) is 23.4. The standard InChI is InChI=1S/C18H26FNO4.C13H16FNO.C4H9F3O3SSi.CH2Cl2/c1-17(2,3)24-16(22)20-9-5-6-15(20)18(4,23)14-8-7-13(19)10-12(14)11-21;1-13(12-3-2-6-15-12)11-5-4-10(14)7-9(11)8-16-13;1-12(2,3)10-11(8,9)4(5,6)7;2-1-3/h7-8,10,15,21,23H,5-6,9,11H2,1-4H3;4-5,7,12,15H,2-3,6,8H2,1H3;1-3H3;1H2/t15-,18?;12-,13+;;/m11../s1. The van der Waals surface area contributed by atoms with Crippen molar-refractivity contribution in [3.63, 3.8) is 0 Å². The summed E-state index contributed by atoms with van der Waals surface area (Å²) in [5.74, 6) is -0.653. The van der Waals surface area contributed by atoms with E-state index < -0.39 is 53.1 Å². The summed E-state index contributed by atoms with van der Waals surface area (Å²) in [5.41, 5.74) is -4.75. The minimum Gasteiger partial charge on any atom is -0.444 e. The van der Waals surface area contributed by atoms with Crippen LogP contribution in [0.15, 0.2) is 36.4 Å². The fourth-order valence-corrected chi connectivity index (χ4v) is 9.56. The van der Waals surface area contributed by atoms with Crippen LogP contribution in [0, 0.1) is 11.6 Å². The van der Waals surface area contributed by atoms with Crippen LogP contribution in [0.2, 0.25) is 19.6 Å². The first kappa shape index (κ1) is 49.1. The summed E-state index contributed by atoms with van der Waals surface area (Å²) >= 11 is 9.53. The van der Waals surface area contributed by atoms with Crippen molar-refractivity contribution in [2.45, 2.75) is 128 Å². The minimum absolute atomic E-state index is 0.175. The Labute approximate surface area is 331 Å². The number of likely N-dealkylation sites (tertiary alicyclic amines) is 1. The van der Waals surface area contributed by atoms with Crippen molar-refractivity contribution in [2.75, 3.05) is 18.4 Å². The Hall–Kier alpha value is -2.09. The number of hydrogen-bond acceptors (Lipinski definition) is 9. The molecule has 2 aromatic carbocycles. The first-order chi connectivity index (χ1) is 25.1. The normalized spacial score (nSPS) is 22.2. The number of nitrogens with zero attached hydrogens (tertiary/aromatic N) is 1. The van der Waals surface area contributed by atoms with Crippen LogP contribution in [-0.4, -0.2) is 79.6 Å². The van der Waals surface area contributed by atoms with Gasteiger partial charge in [0, 0.05) is 12.6 Å². The third-order valence-electron chi connectivity index (χ3n) is 8.81. The molecule has 3 heterocycles. The minimum atomic E-state index is -5.39. The molecule has 1 amide bonds. The lowest BCUT2D eigenvalue weighted by molar-refractivity contribution is -0.0503. The van der Waals surface area contributed by atoms with Crippen molar-refractivity contribution in [2.24, 2.45) is 0 Å². The summed E-state index contributed by atoms with van der Waals surface area (Å²) in [5, 5.41) is 24.3. The maximum Gasteiger partial charge on any atom is 0.522 e. The van der Waals surface area contributed by atoms with Crippen molar-refractivity contribution in [3.8, 4) is 0 Å². The van der Waals surface area contributed by atoms with Crippen molar-refractivity contribution >= 4 is 47.7 Å². The number of amides is 1. The molecule has 0 spiro atoms. The maximum atomic E-state index is 13.4. The zero-order valence-electron chi connectivity index (χ0n) is 32.3. The van der Waals surface area contributed by atoms with Gasteiger partial charge in [-0.3, -0.25) is 0 Å². The van der Waals surface area contributed by atoms with E-state index >= 15 is 0 Å². The Bertz CT molecular complexity index is 1690. The van der Waals surface area contributed by atoms with Gasteiger partial charge in [-0.1, -0.05) is 12.1 Å². The van der Waals surface area contributed by atoms with Gasteiger partial charge in [0.05, 0.1) is 24.6 Å². The van der Waals surface area contributed by atoms with Crippen molar-refractivity contribution in [1.29, 1.82) is 0 Å². The lowest BCUT2D eigenvalue weighted by Gasteiger charge is -2.38. The second-order valence-corrected chi connectivity index (χ2v) is 22.6. The van der Waals surface area contributed by atoms with E-state index in [-0.39, 0.29) is 23.4 Å². The fourth-order valence-electron chi connectivity index (χ4n) is 6.55. The van der Waals surface area contributed by atoms with Gasteiger partial charge in [0.1, 0.15) is 28.4 Å². The van der Waals surface area contributed by atoms with E-state index in [1.54, 1.807) is 33.8 Å². The summed E-state index contributed by atoms with van der Waals surface area (Å²) in [6.07, 6.45) is 3.20. The highest BCUT2D eigenvalue weighted by Gasteiger charge is 2.49. The molecule has 2 fully saturated rings. The molecule has 19 heteroatoms. The van der Waals surface area contributed by atoms with E-state index in [1.807, 2.05) is 6.07 Å². The molecule has 4 atom stereocenters. The quantitative estimate of drug-likeness (QED) is 0.113. The molecule has 3 aliphatic heterocycles. The van der Waals surface area contributed by atoms with Gasteiger partial charge < -0.3 is 33.8 Å². The number of fused-ring (bicyclic) bond motifs is 1. The van der Waals surface area contributed by atoms with Crippen molar-refractivity contribution in [3.05, 3.63) is 70.3 Å². The SMILES string of the molecule is CC(C)(C)OC(=O)N1CCC[C@@H]1C(C)(O)c1ccc(F)cc1CO.C[C@]1([C@H]2CCCN2)OCc2cc(F)ccc21.C[Si](C)(C)OS(=O)(=O)C(F)(F)F.ClCCl. The van der Waals surface area contributed by atoms with Gasteiger partial charge in [-0.2, -0.15) is 21.6 Å². The Morgan fingerprint density at radius 2 is 1.62 bits per heavy atom. The third-order valence-corrected chi connectivity index (χ3v) is 12.3. The molecule has 1 unspecified atom stereocenters. The first-order valence-electron chi connectivity index (χ1n) is 17.5. The van der Waals surface area contributed by atoms with Gasteiger partial charge in [0.2, 0.25) is 8.32 Å². The molecular weight excluding hydrogens is 814 g/mol. The predicted octanol–water partition coefficient (Wildman–Crippen LogP) is 8.36. The van der Waals surface area contributed by atoms with Crippen molar-refractivity contribution in [1.82, 2.24) is 10.2 Å². The molecule has 3 N–H and O–H groups in total. The van der Waals surface area contributed by atoms with Crippen LogP contribution in [0.3, 0.4) is 0 Å². The zero-order chi connectivity index (χ0) is 42.2. The highest BCUT2D eigenvalue weighted by atomic mass is 35.5. The molecule has 0 bridgehead atoms. The van der Waals surface area contributed by atoms with Crippen LogP contribution in [-0.2, 0) is 47.9 Å². The van der Waals surface area contributed by atoms with Gasteiger partial charge >= 0.3 is 21.7 Å². The van der Waals surface area contributed by atoms with E-state index in [1.165, 1.54) is 55.2 Å². The molecule has 5 rings (SSSR count). The number of aliphatic hydroxyl groups excluding tert-OH is 1. The van der Waals surface area contributed by atoms with Gasteiger partial charge in [0.25, 0.3) is 0 Å². The Kier molecular flexibility index (Phi) is 17.5. The summed E-state index contributed by atoms with van der Waals surface area (Å²) in [6.45, 7) is 14.8. The van der Waals surface area contributed by atoms with Crippen LogP contribution in [0.5, 0.6) is 0 Å². The Morgan fingerprint density at radius 1 is 1.04 bits per heavy atom. The molecule has 2 aromatic rings. The zero-order valence-corrected chi connectivity index (χ0v) is 35.7. The van der Waals surface area contributed by atoms with Gasteiger partial charge in [0.15, 0.2) is 0 Å². The maximum absolute atomic E-state index is 13.4. The highest BCUT2D eigenvalue weighted by molar-refractivity contribution is 7.88. The monoisotopic (exact) mass is 866 g/mol. The number of aliphatic hydroxyl groups is 2. The van der Waals surface area contributed by atoms with Crippen LogP contribution in [0.4, 0.5) is 26.7 Å². The molecule has 314 valence electrons. The lowest BCUT2D eigenvalue weighted by atomic mass is 9.84. The molecule has 10 nitrogen and oxygen atoms in total. The number of carbonyl (C=O) groups excluding carboxylic acids is 1. The number of carbonyl (C=O) groups is 1. The number of ether oxygens (including phenoxy) is 2. The van der Waals surface area contributed by atoms with Crippen LogP contribution in [0.25, 0.3) is 0 Å². The van der Waals surface area contributed by atoms with Crippen molar-refractivity contribution < 1.29 is 58.7 Å². The smallest absolute Gasteiger partial charge is 0.444 e. The summed E-state index contributed by atoms with van der Waals surface area (Å²) in [7, 11) is -8.10. The van der Waals surface area contributed by atoms with Crippen LogP contribution >= 0.6 is 23.2 Å². The number of nitrogens with one attached hydrogen (secondary N) is 1. The van der Waals surface area contributed by atoms with E-state index in [0.717, 1.165) is 30.5 Å². The topological polar surface area (TPSA) is 135 Å². The average molecular weight is 868 g/mol. The second-order valence-electron chi connectivity index (χ2n) is 15.5. The Balaban J connectivity index is 0.000000292. The predicted molar refractivity (Wildman–Crippen MR) is 203 cm³/mol. The summed E-state index contributed by atoms with van der Waals surface area (Å²) in [6, 6.07) is 8.77. The highest BCUT2D eigenvalue weighted by Crippen LogP contribution is 2.42. The molecule has 0 radical (unpaired) electrons. The average Bonchev–Trinajstić information content (AvgIpc) is 3.81. The van der Waals surface area contributed by atoms with E-state index in [2.05, 4.69) is 16.1 Å². The largest absolute Gasteiger partial charge is 0.522 e. The van der Waals surface area contributed by atoms with E-state index in [4.69, 9.17) is 32.7 Å². The van der Waals surface area contributed by atoms with Gasteiger partial charge in [-0.15, -0.1) is 23.2 Å². The number of rotatable bonds is 6. The molecule has 55 heavy (non-hydrogen) atoms. The van der Waals surface area contributed by atoms with Crippen LogP contribution < -0.4 is 5.32 Å². The molecular formula is C36H53Cl2F5N2O8SSi. The van der Waals surface area contributed by atoms with Gasteiger partial charge in [-0.25, -0.2) is 13.6 Å². The number of hydrogen-bond donors (Lipinski definition) is 3. The molecule has 2 saturated heterocycles. The molecule has 0 aliphatic carbocycles. The second kappa shape index (κ2) is 19.6. The van der Waals surface area contributed by atoms with E-state index in [9.17, 15) is 45.4 Å². The molecule has 0 saturated carbocycles. The number of alkyl halides is 5. The number of benzene rings is 2. The van der Waals surface area contributed by atoms with Gasteiger partial charge in [-0.05, 0) is 133 Å². The molecule has 3 aliphatic rings.